The molecule has 0 heterocycles. The summed E-state index contributed by atoms with van der Waals surface area (Å²) in [6.07, 6.45) is 6.78. The van der Waals surface area contributed by atoms with Crippen LogP contribution in [0.5, 0.6) is 0 Å². The second kappa shape index (κ2) is 7.36. The van der Waals surface area contributed by atoms with Gasteiger partial charge in [-0.25, -0.2) is 0 Å². The monoisotopic (exact) mass is 302 g/mol. The number of hydrogen-bond acceptors (Lipinski definition) is 4. The molecule has 1 aromatic rings. The highest BCUT2D eigenvalue weighted by molar-refractivity contribution is 8.03. The second-order valence-electron chi connectivity index (χ2n) is 3.98. The van der Waals surface area contributed by atoms with Crippen molar-refractivity contribution in [3.05, 3.63) is 17.7 Å². The summed E-state index contributed by atoms with van der Waals surface area (Å²) in [4.78, 5) is 14.7. The minimum atomic E-state index is -0.736. The van der Waals surface area contributed by atoms with Crippen molar-refractivity contribution in [2.45, 2.75) is 28.0 Å². The summed E-state index contributed by atoms with van der Waals surface area (Å²) >= 11 is 5.18. The lowest BCUT2D eigenvalue weighted by Gasteiger charge is -2.14. The molecule has 0 aliphatic heterocycles. The van der Waals surface area contributed by atoms with E-state index in [9.17, 15) is 4.79 Å². The molecule has 0 aliphatic carbocycles. The van der Waals surface area contributed by atoms with Crippen molar-refractivity contribution in [1.29, 1.82) is 0 Å². The number of rotatable bonds is 6. The Morgan fingerprint density at radius 3 is 2.00 bits per heavy atom. The highest BCUT2D eigenvalue weighted by Gasteiger charge is 2.15. The normalized spacial score (nSPS) is 12.4. The Morgan fingerprint density at radius 2 is 1.67 bits per heavy atom. The van der Waals surface area contributed by atoms with Crippen molar-refractivity contribution in [1.82, 2.24) is 0 Å². The molecule has 0 bridgehead atoms. The van der Waals surface area contributed by atoms with Crippen LogP contribution in [-0.4, -0.2) is 29.8 Å². The molecule has 1 atom stereocenters. The van der Waals surface area contributed by atoms with E-state index in [-0.39, 0.29) is 5.92 Å². The molecule has 0 fully saturated rings. The molecule has 18 heavy (non-hydrogen) atoms. The maximum atomic E-state index is 10.9. The van der Waals surface area contributed by atoms with Gasteiger partial charge < -0.3 is 5.11 Å². The molecule has 100 valence electrons. The Morgan fingerprint density at radius 1 is 1.17 bits per heavy atom. The van der Waals surface area contributed by atoms with Gasteiger partial charge in [0.1, 0.15) is 0 Å². The van der Waals surface area contributed by atoms with E-state index in [1.54, 1.807) is 42.2 Å². The first-order chi connectivity index (χ1) is 8.53. The van der Waals surface area contributed by atoms with E-state index < -0.39 is 5.97 Å². The van der Waals surface area contributed by atoms with E-state index in [4.69, 9.17) is 5.11 Å². The van der Waals surface area contributed by atoms with Crippen LogP contribution in [0.15, 0.2) is 26.8 Å². The van der Waals surface area contributed by atoms with Crippen molar-refractivity contribution < 1.29 is 9.90 Å². The minimum Gasteiger partial charge on any atom is -0.481 e. The van der Waals surface area contributed by atoms with Crippen LogP contribution in [0.1, 0.15) is 12.5 Å². The predicted octanol–water partition coefficient (Wildman–Crippen LogP) is 4.12. The molecule has 0 radical (unpaired) electrons. The van der Waals surface area contributed by atoms with Crippen LogP contribution >= 0.6 is 35.3 Å². The summed E-state index contributed by atoms with van der Waals surface area (Å²) in [7, 11) is 0. The first-order valence-electron chi connectivity index (χ1n) is 5.55. The molecule has 0 saturated heterocycles. The molecule has 1 rings (SSSR count). The molecule has 1 aromatic carbocycles. The summed E-state index contributed by atoms with van der Waals surface area (Å²) in [5, 5.41) is 8.98. The predicted molar refractivity (Wildman–Crippen MR) is 82.3 cm³/mol. The van der Waals surface area contributed by atoms with Gasteiger partial charge in [-0.3, -0.25) is 4.79 Å². The van der Waals surface area contributed by atoms with Crippen LogP contribution in [0.25, 0.3) is 0 Å². The number of aliphatic carboxylic acids is 1. The molecule has 0 saturated carbocycles. The Hall–Kier alpha value is -0.260. The van der Waals surface area contributed by atoms with Gasteiger partial charge in [-0.05, 0) is 42.9 Å². The Labute approximate surface area is 121 Å². The van der Waals surface area contributed by atoms with Gasteiger partial charge in [0, 0.05) is 14.7 Å². The molecule has 1 N–H and O–H groups in total. The maximum Gasteiger partial charge on any atom is 0.306 e. The van der Waals surface area contributed by atoms with Gasteiger partial charge >= 0.3 is 5.97 Å². The molecular weight excluding hydrogens is 284 g/mol. The zero-order chi connectivity index (χ0) is 13.7. The van der Waals surface area contributed by atoms with Crippen molar-refractivity contribution in [3.8, 4) is 0 Å². The Bertz CT molecular complexity index is 407. The number of carboxylic acids is 1. The van der Waals surface area contributed by atoms with Crippen molar-refractivity contribution >= 4 is 41.3 Å². The molecule has 0 aliphatic rings. The van der Waals surface area contributed by atoms with Gasteiger partial charge in [0.05, 0.1) is 5.92 Å². The van der Waals surface area contributed by atoms with Crippen molar-refractivity contribution in [3.63, 3.8) is 0 Å². The first-order valence-corrected chi connectivity index (χ1v) is 9.22. The average Bonchev–Trinajstić information content (AvgIpc) is 2.37. The largest absolute Gasteiger partial charge is 0.481 e. The van der Waals surface area contributed by atoms with Crippen LogP contribution in [-0.2, 0) is 11.2 Å². The smallest absolute Gasteiger partial charge is 0.306 e. The molecule has 0 aromatic heterocycles. The van der Waals surface area contributed by atoms with Gasteiger partial charge in [-0.15, -0.1) is 35.3 Å². The van der Waals surface area contributed by atoms with Crippen molar-refractivity contribution in [2.75, 3.05) is 18.8 Å². The minimum absolute atomic E-state index is 0.338. The standard InChI is InChI=1S/C13H18O2S3/c1-8(13(14)15)5-9-6-10(16-2)12(18-4)11(7-9)17-3/h6-8H,5H2,1-4H3,(H,14,15). The van der Waals surface area contributed by atoms with Crippen LogP contribution < -0.4 is 0 Å². The maximum absolute atomic E-state index is 10.9. The number of hydrogen-bond donors (Lipinski definition) is 1. The molecule has 5 heteroatoms. The zero-order valence-electron chi connectivity index (χ0n) is 11.0. The zero-order valence-corrected chi connectivity index (χ0v) is 13.5. The average molecular weight is 302 g/mol. The number of benzene rings is 1. The summed E-state index contributed by atoms with van der Waals surface area (Å²) in [5.74, 6) is -1.07. The quantitative estimate of drug-likeness (QED) is 0.800. The fourth-order valence-corrected chi connectivity index (χ4v) is 4.41. The van der Waals surface area contributed by atoms with Gasteiger partial charge in [-0.2, -0.15) is 0 Å². The Kier molecular flexibility index (Phi) is 6.46. The molecule has 2 nitrogen and oxygen atoms in total. The fourth-order valence-electron chi connectivity index (χ4n) is 1.69. The number of carboxylic acid groups (broad SMARTS) is 1. The van der Waals surface area contributed by atoms with Crippen LogP contribution in [0.4, 0.5) is 0 Å². The summed E-state index contributed by atoms with van der Waals surface area (Å²) < 4.78 is 0. The van der Waals surface area contributed by atoms with Gasteiger partial charge in [0.2, 0.25) is 0 Å². The van der Waals surface area contributed by atoms with E-state index >= 15 is 0 Å². The molecule has 1 unspecified atom stereocenters. The summed E-state index contributed by atoms with van der Waals surface area (Å²) in [6, 6.07) is 4.24. The lowest BCUT2D eigenvalue weighted by Crippen LogP contribution is -2.12. The number of thioether (sulfide) groups is 3. The fraction of sp³-hybridized carbons (Fsp3) is 0.462. The third kappa shape index (κ3) is 3.87. The van der Waals surface area contributed by atoms with E-state index in [0.717, 1.165) is 5.56 Å². The Balaban J connectivity index is 3.11. The second-order valence-corrected chi connectivity index (χ2v) is 6.49. The molecule has 0 amide bonds. The lowest BCUT2D eigenvalue weighted by atomic mass is 10.0. The van der Waals surface area contributed by atoms with E-state index in [1.165, 1.54) is 14.7 Å². The van der Waals surface area contributed by atoms with Gasteiger partial charge in [-0.1, -0.05) is 6.92 Å². The third-order valence-corrected chi connectivity index (χ3v) is 5.32. The number of carbonyl (C=O) groups is 1. The van der Waals surface area contributed by atoms with Gasteiger partial charge in [0.25, 0.3) is 0 Å². The summed E-state index contributed by atoms with van der Waals surface area (Å²) in [5.41, 5.74) is 1.11. The SMILES string of the molecule is CSc1cc(CC(C)C(=O)O)cc(SC)c1SC. The van der Waals surface area contributed by atoms with E-state index in [2.05, 4.69) is 30.9 Å². The van der Waals surface area contributed by atoms with Gasteiger partial charge in [0.15, 0.2) is 0 Å². The van der Waals surface area contributed by atoms with E-state index in [1.807, 2.05) is 0 Å². The van der Waals surface area contributed by atoms with Crippen LogP contribution in [0.2, 0.25) is 0 Å². The topological polar surface area (TPSA) is 37.3 Å². The van der Waals surface area contributed by atoms with E-state index in [0.29, 0.717) is 6.42 Å². The molecule has 0 spiro atoms. The van der Waals surface area contributed by atoms with Crippen LogP contribution in [0.3, 0.4) is 0 Å². The van der Waals surface area contributed by atoms with Crippen molar-refractivity contribution in [2.24, 2.45) is 5.92 Å². The highest BCUT2D eigenvalue weighted by Crippen LogP contribution is 2.37. The molecular formula is C13H18O2S3. The lowest BCUT2D eigenvalue weighted by molar-refractivity contribution is -0.141. The third-order valence-electron chi connectivity index (χ3n) is 2.69. The highest BCUT2D eigenvalue weighted by atomic mass is 32.2. The first kappa shape index (κ1) is 15.8. The summed E-state index contributed by atoms with van der Waals surface area (Å²) in [6.45, 7) is 1.75. The van der Waals surface area contributed by atoms with Crippen LogP contribution in [0, 0.1) is 5.92 Å².